The van der Waals surface area contributed by atoms with Gasteiger partial charge in [-0.2, -0.15) is 18.4 Å². The molecule has 0 fully saturated rings. The van der Waals surface area contributed by atoms with Crippen LogP contribution in [0.15, 0.2) is 17.0 Å². The Hall–Kier alpha value is -1.72. The van der Waals surface area contributed by atoms with Gasteiger partial charge in [0.2, 0.25) is 0 Å². The number of carbonyl (C=O) groups is 1. The number of esters is 1. The summed E-state index contributed by atoms with van der Waals surface area (Å²) in [4.78, 5) is 11.1. The van der Waals surface area contributed by atoms with Crippen LogP contribution in [0.25, 0.3) is 0 Å². The normalized spacial score (nSPS) is 10.9. The van der Waals surface area contributed by atoms with Crippen molar-refractivity contribution in [1.82, 2.24) is 0 Å². The van der Waals surface area contributed by atoms with E-state index in [-0.39, 0.29) is 28.1 Å². The Labute approximate surface area is 111 Å². The van der Waals surface area contributed by atoms with Gasteiger partial charge in [0.1, 0.15) is 0 Å². The van der Waals surface area contributed by atoms with Gasteiger partial charge in [-0.3, -0.25) is 0 Å². The molecule has 0 amide bonds. The summed E-state index contributed by atoms with van der Waals surface area (Å²) in [5.74, 6) is -0.911. The highest BCUT2D eigenvalue weighted by molar-refractivity contribution is 8.00. The van der Waals surface area contributed by atoms with E-state index in [0.29, 0.717) is 0 Å². The number of benzene rings is 1. The second-order valence-corrected chi connectivity index (χ2v) is 4.40. The Bertz CT molecular complexity index is 538. The molecule has 0 bridgehead atoms. The van der Waals surface area contributed by atoms with Crippen molar-refractivity contribution in [1.29, 1.82) is 5.26 Å². The summed E-state index contributed by atoms with van der Waals surface area (Å²) in [5, 5.41) is 8.85. The summed E-state index contributed by atoms with van der Waals surface area (Å²) in [6, 6.07) is 4.11. The molecule has 0 aliphatic heterocycles. The van der Waals surface area contributed by atoms with Gasteiger partial charge in [-0.05, 0) is 29.5 Å². The molecule has 4 nitrogen and oxygen atoms in total. The van der Waals surface area contributed by atoms with E-state index in [1.54, 1.807) is 6.07 Å². The molecule has 0 saturated heterocycles. The third-order valence-electron chi connectivity index (χ3n) is 2.21. The summed E-state index contributed by atoms with van der Waals surface area (Å²) < 4.78 is 42.0. The topological polar surface area (TPSA) is 76.1 Å². The predicted molar refractivity (Wildman–Crippen MR) is 62.3 cm³/mol. The molecule has 0 atom stereocenters. The highest BCUT2D eigenvalue weighted by Crippen LogP contribution is 2.41. The van der Waals surface area contributed by atoms with E-state index in [4.69, 9.17) is 11.0 Å². The van der Waals surface area contributed by atoms with E-state index in [9.17, 15) is 18.0 Å². The fraction of sp³-hybridized carbons (Fsp3) is 0.273. The summed E-state index contributed by atoms with van der Waals surface area (Å²) >= 11 is -0.480. The number of nitrogens with zero attached hydrogens (tertiary/aromatic N) is 1. The van der Waals surface area contributed by atoms with Crippen LogP contribution in [0.1, 0.15) is 21.5 Å². The number of halogens is 3. The third-order valence-corrected chi connectivity index (χ3v) is 3.11. The van der Waals surface area contributed by atoms with Crippen LogP contribution in [0.5, 0.6) is 0 Å². The number of ether oxygens (including phenoxy) is 1. The smallest absolute Gasteiger partial charge is 0.446 e. The Kier molecular flexibility index (Phi) is 4.80. The average Bonchev–Trinajstić information content (AvgIpc) is 2.35. The number of rotatable bonds is 3. The molecule has 0 saturated carbocycles. The molecule has 0 spiro atoms. The number of hydrogen-bond acceptors (Lipinski definition) is 5. The standard InChI is InChI=1S/C11H9F3N2O2S/c1-18-10(17)7-3-2-6(4-15)8(5-16)9(7)19-11(12,13)14/h2-3H,5,16H2,1H3. The molecule has 0 radical (unpaired) electrons. The largest absolute Gasteiger partial charge is 0.465 e. The van der Waals surface area contributed by atoms with E-state index in [2.05, 4.69) is 4.74 Å². The number of nitriles is 1. The van der Waals surface area contributed by atoms with Crippen LogP contribution in [-0.2, 0) is 11.3 Å². The molecule has 0 aliphatic rings. The van der Waals surface area contributed by atoms with Gasteiger partial charge in [-0.1, -0.05) is 0 Å². The first kappa shape index (κ1) is 15.3. The first-order chi connectivity index (χ1) is 8.84. The van der Waals surface area contributed by atoms with Gasteiger partial charge in [-0.25, -0.2) is 4.79 Å². The van der Waals surface area contributed by atoms with Crippen LogP contribution in [0.3, 0.4) is 0 Å². The lowest BCUT2D eigenvalue weighted by Gasteiger charge is -2.14. The second-order valence-electron chi connectivity index (χ2n) is 3.32. The predicted octanol–water partition coefficient (Wildman–Crippen LogP) is 2.42. The summed E-state index contributed by atoms with van der Waals surface area (Å²) in [5.41, 5.74) is 0.497. The zero-order valence-corrected chi connectivity index (χ0v) is 10.6. The summed E-state index contributed by atoms with van der Waals surface area (Å²) in [6.07, 6.45) is 0. The molecule has 2 N–H and O–H groups in total. The molecule has 0 heterocycles. The van der Waals surface area contributed by atoms with E-state index in [0.717, 1.165) is 13.2 Å². The molecule has 102 valence electrons. The van der Waals surface area contributed by atoms with Crippen molar-refractivity contribution in [3.63, 3.8) is 0 Å². The van der Waals surface area contributed by atoms with Gasteiger partial charge < -0.3 is 10.5 Å². The van der Waals surface area contributed by atoms with Crippen LogP contribution >= 0.6 is 11.8 Å². The van der Waals surface area contributed by atoms with Crippen molar-refractivity contribution in [2.75, 3.05) is 7.11 Å². The molecule has 0 aliphatic carbocycles. The van der Waals surface area contributed by atoms with E-state index >= 15 is 0 Å². The van der Waals surface area contributed by atoms with Gasteiger partial charge in [0.25, 0.3) is 0 Å². The van der Waals surface area contributed by atoms with Crippen LogP contribution in [-0.4, -0.2) is 18.6 Å². The lowest BCUT2D eigenvalue weighted by Crippen LogP contribution is -2.12. The number of alkyl halides is 3. The van der Waals surface area contributed by atoms with Gasteiger partial charge >= 0.3 is 11.5 Å². The van der Waals surface area contributed by atoms with Crippen molar-refractivity contribution in [2.24, 2.45) is 5.73 Å². The molecule has 19 heavy (non-hydrogen) atoms. The number of methoxy groups -OCH3 is 1. The minimum absolute atomic E-state index is 0.00176. The SMILES string of the molecule is COC(=O)c1ccc(C#N)c(CN)c1SC(F)(F)F. The van der Waals surface area contributed by atoms with Crippen molar-refractivity contribution in [3.8, 4) is 6.07 Å². The molecule has 0 unspecified atom stereocenters. The van der Waals surface area contributed by atoms with Crippen molar-refractivity contribution in [3.05, 3.63) is 28.8 Å². The lowest BCUT2D eigenvalue weighted by atomic mass is 10.0. The Morgan fingerprint density at radius 2 is 2.16 bits per heavy atom. The van der Waals surface area contributed by atoms with Crippen molar-refractivity contribution < 1.29 is 22.7 Å². The first-order valence-corrected chi connectivity index (χ1v) is 5.75. The first-order valence-electron chi connectivity index (χ1n) is 4.94. The maximum absolute atomic E-state index is 12.5. The average molecular weight is 290 g/mol. The highest BCUT2D eigenvalue weighted by atomic mass is 32.2. The fourth-order valence-electron chi connectivity index (χ4n) is 1.44. The van der Waals surface area contributed by atoms with E-state index in [1.807, 2.05) is 0 Å². The minimum atomic E-state index is -4.60. The monoisotopic (exact) mass is 290 g/mol. The van der Waals surface area contributed by atoms with Crippen LogP contribution in [0, 0.1) is 11.3 Å². The van der Waals surface area contributed by atoms with E-state index in [1.165, 1.54) is 6.07 Å². The fourth-order valence-corrected chi connectivity index (χ4v) is 2.25. The molecule has 1 rings (SSSR count). The molecular weight excluding hydrogens is 281 g/mol. The van der Waals surface area contributed by atoms with Crippen LogP contribution < -0.4 is 5.73 Å². The third kappa shape index (κ3) is 3.62. The number of carbonyl (C=O) groups excluding carboxylic acids is 1. The van der Waals surface area contributed by atoms with Crippen molar-refractivity contribution >= 4 is 17.7 Å². The number of nitrogens with two attached hydrogens (primary N) is 1. The van der Waals surface area contributed by atoms with Gasteiger partial charge in [-0.15, -0.1) is 0 Å². The second kappa shape index (κ2) is 5.95. The number of hydrogen-bond donors (Lipinski definition) is 1. The van der Waals surface area contributed by atoms with Gasteiger partial charge in [0.05, 0.1) is 24.3 Å². The lowest BCUT2D eigenvalue weighted by molar-refractivity contribution is -0.0328. The van der Waals surface area contributed by atoms with E-state index < -0.39 is 23.2 Å². The van der Waals surface area contributed by atoms with Crippen molar-refractivity contribution in [2.45, 2.75) is 16.9 Å². The summed E-state index contributed by atoms with van der Waals surface area (Å²) in [7, 11) is 1.06. The van der Waals surface area contributed by atoms with Crippen LogP contribution in [0.4, 0.5) is 13.2 Å². The minimum Gasteiger partial charge on any atom is -0.465 e. The highest BCUT2D eigenvalue weighted by Gasteiger charge is 2.33. The zero-order valence-electron chi connectivity index (χ0n) is 9.75. The maximum atomic E-state index is 12.5. The maximum Gasteiger partial charge on any atom is 0.446 e. The molecule has 0 aromatic heterocycles. The molecule has 1 aromatic rings. The van der Waals surface area contributed by atoms with Gasteiger partial charge in [0.15, 0.2) is 0 Å². The Morgan fingerprint density at radius 3 is 2.58 bits per heavy atom. The zero-order chi connectivity index (χ0) is 14.6. The summed E-state index contributed by atoms with van der Waals surface area (Å²) in [6.45, 7) is -0.286. The number of thioether (sulfide) groups is 1. The molecule has 1 aromatic carbocycles. The van der Waals surface area contributed by atoms with Gasteiger partial charge in [0, 0.05) is 11.4 Å². The quantitative estimate of drug-likeness (QED) is 0.683. The Balaban J connectivity index is 3.49. The molecular formula is C11H9F3N2O2S. The van der Waals surface area contributed by atoms with Crippen LogP contribution in [0.2, 0.25) is 0 Å². The Morgan fingerprint density at radius 1 is 1.53 bits per heavy atom. The molecule has 8 heteroatoms.